The summed E-state index contributed by atoms with van der Waals surface area (Å²) in [7, 11) is 0. The summed E-state index contributed by atoms with van der Waals surface area (Å²) in [5.74, 6) is 0.710. The minimum absolute atomic E-state index is 0.0168. The zero-order valence-corrected chi connectivity index (χ0v) is 14.0. The van der Waals surface area contributed by atoms with Crippen molar-refractivity contribution in [2.45, 2.75) is 44.6 Å². The van der Waals surface area contributed by atoms with E-state index in [1.807, 2.05) is 12.1 Å². The van der Waals surface area contributed by atoms with Gasteiger partial charge in [-0.25, -0.2) is 4.79 Å². The molecule has 0 spiro atoms. The Morgan fingerprint density at radius 1 is 1.12 bits per heavy atom. The number of benzene rings is 1. The molecule has 0 atom stereocenters. The SMILES string of the molecule is O=C(Cc1ccc(C2CCC2)cc1)N1CCc2c([nH]c(=O)[nH]c2=O)C1. The van der Waals surface area contributed by atoms with Crippen LogP contribution in [0.1, 0.15) is 47.6 Å². The molecule has 2 N–H and O–H groups in total. The van der Waals surface area contributed by atoms with Crippen molar-refractivity contribution in [3.63, 3.8) is 0 Å². The van der Waals surface area contributed by atoms with Gasteiger partial charge in [-0.3, -0.25) is 14.6 Å². The molecule has 6 nitrogen and oxygen atoms in total. The van der Waals surface area contributed by atoms with Gasteiger partial charge in [-0.1, -0.05) is 30.7 Å². The van der Waals surface area contributed by atoms with E-state index in [-0.39, 0.29) is 18.0 Å². The summed E-state index contributed by atoms with van der Waals surface area (Å²) in [5, 5.41) is 0. The van der Waals surface area contributed by atoms with E-state index in [0.717, 1.165) is 5.56 Å². The molecule has 2 aromatic rings. The lowest BCUT2D eigenvalue weighted by Gasteiger charge is -2.28. The number of H-pyrrole nitrogens is 2. The van der Waals surface area contributed by atoms with Crippen LogP contribution in [0.25, 0.3) is 0 Å². The van der Waals surface area contributed by atoms with Crippen LogP contribution in [0.3, 0.4) is 0 Å². The normalized spacial score (nSPS) is 17.0. The van der Waals surface area contributed by atoms with Crippen molar-refractivity contribution in [2.24, 2.45) is 0 Å². The largest absolute Gasteiger partial charge is 0.336 e. The lowest BCUT2D eigenvalue weighted by molar-refractivity contribution is -0.131. The van der Waals surface area contributed by atoms with Crippen LogP contribution in [0, 0.1) is 0 Å². The Bertz CT molecular complexity index is 907. The van der Waals surface area contributed by atoms with Gasteiger partial charge in [-0.15, -0.1) is 0 Å². The topological polar surface area (TPSA) is 86.0 Å². The molecule has 0 saturated heterocycles. The smallest absolute Gasteiger partial charge is 0.325 e. The fraction of sp³-hybridized carbons (Fsp3) is 0.421. The molecule has 0 radical (unpaired) electrons. The van der Waals surface area contributed by atoms with Gasteiger partial charge in [-0.05, 0) is 36.3 Å². The second kappa shape index (κ2) is 6.35. The molecule has 1 aromatic heterocycles. The van der Waals surface area contributed by atoms with Gasteiger partial charge in [0.1, 0.15) is 0 Å². The number of rotatable bonds is 3. The maximum absolute atomic E-state index is 12.6. The first kappa shape index (κ1) is 15.9. The molecule has 1 aliphatic carbocycles. The molecule has 0 bridgehead atoms. The summed E-state index contributed by atoms with van der Waals surface area (Å²) in [4.78, 5) is 42.4. The Kier molecular flexibility index (Phi) is 4.03. The first-order valence-corrected chi connectivity index (χ1v) is 8.81. The molecule has 0 unspecified atom stereocenters. The zero-order chi connectivity index (χ0) is 17.4. The van der Waals surface area contributed by atoms with Gasteiger partial charge in [0.05, 0.1) is 13.0 Å². The Labute approximate surface area is 144 Å². The predicted molar refractivity (Wildman–Crippen MR) is 93.5 cm³/mol. The van der Waals surface area contributed by atoms with Crippen LogP contribution in [0.15, 0.2) is 33.9 Å². The fourth-order valence-electron chi connectivity index (χ4n) is 3.62. The molecule has 2 heterocycles. The first-order chi connectivity index (χ1) is 12.1. The molecule has 1 amide bonds. The third kappa shape index (κ3) is 3.16. The molecule has 1 aliphatic heterocycles. The number of hydrogen-bond acceptors (Lipinski definition) is 3. The van der Waals surface area contributed by atoms with Crippen molar-refractivity contribution in [3.05, 3.63) is 67.5 Å². The third-order valence-electron chi connectivity index (χ3n) is 5.37. The number of aromatic nitrogens is 2. The predicted octanol–water partition coefficient (Wildman–Crippen LogP) is 1.46. The van der Waals surface area contributed by atoms with Gasteiger partial charge >= 0.3 is 5.69 Å². The van der Waals surface area contributed by atoms with Crippen molar-refractivity contribution in [3.8, 4) is 0 Å². The minimum atomic E-state index is -0.523. The van der Waals surface area contributed by atoms with Gasteiger partial charge in [0.25, 0.3) is 5.56 Å². The number of fused-ring (bicyclic) bond motifs is 1. The van der Waals surface area contributed by atoms with E-state index in [2.05, 4.69) is 22.1 Å². The van der Waals surface area contributed by atoms with Crippen molar-refractivity contribution in [1.82, 2.24) is 14.9 Å². The lowest BCUT2D eigenvalue weighted by atomic mass is 9.80. The van der Waals surface area contributed by atoms with E-state index in [1.54, 1.807) is 4.90 Å². The summed E-state index contributed by atoms with van der Waals surface area (Å²) in [6.45, 7) is 0.786. The number of carbonyl (C=O) groups excluding carboxylic acids is 1. The summed E-state index contributed by atoms with van der Waals surface area (Å²) >= 11 is 0. The molecular formula is C19H21N3O3. The first-order valence-electron chi connectivity index (χ1n) is 8.81. The Balaban J connectivity index is 1.44. The van der Waals surface area contributed by atoms with Crippen molar-refractivity contribution < 1.29 is 4.79 Å². The summed E-state index contributed by atoms with van der Waals surface area (Å²) < 4.78 is 0. The molecule has 2 aliphatic rings. The maximum Gasteiger partial charge on any atom is 0.325 e. The molecule has 1 saturated carbocycles. The number of nitrogens with zero attached hydrogens (tertiary/aromatic N) is 1. The van der Waals surface area contributed by atoms with Crippen molar-refractivity contribution >= 4 is 5.91 Å². The lowest BCUT2D eigenvalue weighted by Crippen LogP contribution is -2.41. The number of carbonyl (C=O) groups is 1. The highest BCUT2D eigenvalue weighted by molar-refractivity contribution is 5.79. The summed E-state index contributed by atoms with van der Waals surface area (Å²) in [6.07, 6.45) is 4.65. The highest BCUT2D eigenvalue weighted by Gasteiger charge is 2.24. The van der Waals surface area contributed by atoms with Gasteiger partial charge in [0.15, 0.2) is 0 Å². The minimum Gasteiger partial charge on any atom is -0.336 e. The Morgan fingerprint density at radius 2 is 1.88 bits per heavy atom. The van der Waals surface area contributed by atoms with E-state index >= 15 is 0 Å². The van der Waals surface area contributed by atoms with Crippen LogP contribution in [0.4, 0.5) is 0 Å². The van der Waals surface area contributed by atoms with Crippen LogP contribution in [-0.4, -0.2) is 27.3 Å². The summed E-state index contributed by atoms with van der Waals surface area (Å²) in [5.41, 5.74) is 2.62. The van der Waals surface area contributed by atoms with Gasteiger partial charge < -0.3 is 9.88 Å². The third-order valence-corrected chi connectivity index (χ3v) is 5.37. The molecule has 1 aromatic carbocycles. The van der Waals surface area contributed by atoms with E-state index in [9.17, 15) is 14.4 Å². The van der Waals surface area contributed by atoms with Crippen LogP contribution < -0.4 is 11.2 Å². The second-order valence-corrected chi connectivity index (χ2v) is 6.98. The Hall–Kier alpha value is -2.63. The van der Waals surface area contributed by atoms with Crippen molar-refractivity contribution in [2.75, 3.05) is 6.54 Å². The van der Waals surface area contributed by atoms with Crippen molar-refractivity contribution in [1.29, 1.82) is 0 Å². The van der Waals surface area contributed by atoms with E-state index in [0.29, 0.717) is 36.6 Å². The van der Waals surface area contributed by atoms with Gasteiger partial charge in [0, 0.05) is 17.8 Å². The summed E-state index contributed by atoms with van der Waals surface area (Å²) in [6, 6.07) is 8.34. The van der Waals surface area contributed by atoms with Crippen LogP contribution in [0.2, 0.25) is 0 Å². The van der Waals surface area contributed by atoms with E-state index < -0.39 is 5.69 Å². The average molecular weight is 339 g/mol. The number of hydrogen-bond donors (Lipinski definition) is 2. The quantitative estimate of drug-likeness (QED) is 0.888. The van der Waals surface area contributed by atoms with Crippen LogP contribution in [0.5, 0.6) is 0 Å². The van der Waals surface area contributed by atoms with Crippen LogP contribution in [-0.2, 0) is 24.2 Å². The number of nitrogens with one attached hydrogen (secondary N) is 2. The number of amides is 1. The van der Waals surface area contributed by atoms with Gasteiger partial charge in [-0.2, -0.15) is 0 Å². The molecule has 130 valence electrons. The highest BCUT2D eigenvalue weighted by atomic mass is 16.2. The molecule has 25 heavy (non-hydrogen) atoms. The molecule has 4 rings (SSSR count). The molecule has 1 fully saturated rings. The number of aromatic amines is 2. The standard InChI is InChI=1S/C19H21N3O3/c23-17(10-12-4-6-14(7-5-12)13-2-1-3-13)22-9-8-15-16(11-22)20-19(25)21-18(15)24/h4-7,13H,1-3,8-11H2,(H2,20,21,24,25). The molecule has 6 heteroatoms. The monoisotopic (exact) mass is 339 g/mol. The molecular weight excluding hydrogens is 318 g/mol. The highest BCUT2D eigenvalue weighted by Crippen LogP contribution is 2.36. The van der Waals surface area contributed by atoms with E-state index in [4.69, 9.17) is 0 Å². The fourth-order valence-corrected chi connectivity index (χ4v) is 3.62. The average Bonchev–Trinajstić information content (AvgIpc) is 2.54. The maximum atomic E-state index is 12.6. The zero-order valence-electron chi connectivity index (χ0n) is 14.0. The van der Waals surface area contributed by atoms with E-state index in [1.165, 1.54) is 24.8 Å². The Morgan fingerprint density at radius 3 is 2.56 bits per heavy atom. The van der Waals surface area contributed by atoms with Gasteiger partial charge in [0.2, 0.25) is 5.91 Å². The second-order valence-electron chi connectivity index (χ2n) is 6.98. The van der Waals surface area contributed by atoms with Crippen LogP contribution >= 0.6 is 0 Å².